The number of hydrogen-bond donors (Lipinski definition) is 1. The number of furan rings is 2. The molecule has 1 N–H and O–H groups in total. The van der Waals surface area contributed by atoms with E-state index in [0.29, 0.717) is 0 Å². The Kier molecular flexibility index (Phi) is 3.47. The van der Waals surface area contributed by atoms with Gasteiger partial charge in [0, 0.05) is 24.4 Å². The molecule has 3 heteroatoms. The first-order chi connectivity index (χ1) is 7.85. The smallest absolute Gasteiger partial charge is 0.108 e. The molecule has 86 valence electrons. The van der Waals surface area contributed by atoms with Crippen molar-refractivity contribution < 1.29 is 8.83 Å². The summed E-state index contributed by atoms with van der Waals surface area (Å²) in [6.45, 7) is 2.10. The van der Waals surface area contributed by atoms with Crippen molar-refractivity contribution >= 4 is 0 Å². The molecule has 0 amide bonds. The van der Waals surface area contributed by atoms with Gasteiger partial charge in [0.2, 0.25) is 0 Å². The molecular formula is C13H17NO2. The molecule has 3 nitrogen and oxygen atoms in total. The summed E-state index contributed by atoms with van der Waals surface area (Å²) in [5.41, 5.74) is 1.22. The highest BCUT2D eigenvalue weighted by Crippen LogP contribution is 2.23. The molecule has 0 aliphatic rings. The molecule has 16 heavy (non-hydrogen) atoms. The molecular weight excluding hydrogens is 202 g/mol. The maximum Gasteiger partial charge on any atom is 0.108 e. The van der Waals surface area contributed by atoms with Gasteiger partial charge in [0.25, 0.3) is 0 Å². The van der Waals surface area contributed by atoms with Crippen LogP contribution in [-0.4, -0.2) is 7.05 Å². The average molecular weight is 219 g/mol. The first-order valence-corrected chi connectivity index (χ1v) is 5.61. The molecule has 0 fully saturated rings. The summed E-state index contributed by atoms with van der Waals surface area (Å²) in [6.07, 6.45) is 5.22. The van der Waals surface area contributed by atoms with E-state index >= 15 is 0 Å². The summed E-state index contributed by atoms with van der Waals surface area (Å²) >= 11 is 0. The van der Waals surface area contributed by atoms with Gasteiger partial charge in [-0.25, -0.2) is 0 Å². The predicted molar refractivity (Wildman–Crippen MR) is 62.3 cm³/mol. The number of rotatable bonds is 5. The lowest BCUT2D eigenvalue weighted by Crippen LogP contribution is -2.19. The fraction of sp³-hybridized carbons (Fsp3) is 0.385. The molecule has 0 spiro atoms. The van der Waals surface area contributed by atoms with Crippen LogP contribution in [0.3, 0.4) is 0 Å². The summed E-state index contributed by atoms with van der Waals surface area (Å²) in [6, 6.07) is 6.19. The van der Waals surface area contributed by atoms with E-state index in [-0.39, 0.29) is 6.04 Å². The van der Waals surface area contributed by atoms with Crippen LogP contribution in [0.2, 0.25) is 0 Å². The fourth-order valence-corrected chi connectivity index (χ4v) is 1.95. The summed E-state index contributed by atoms with van der Waals surface area (Å²) in [7, 11) is 1.96. The SMILES string of the molecule is CCc1occc1C(Cc1ccco1)NC. The minimum absolute atomic E-state index is 0.250. The Morgan fingerprint density at radius 2 is 2.12 bits per heavy atom. The molecule has 0 aliphatic heterocycles. The Morgan fingerprint density at radius 1 is 1.25 bits per heavy atom. The quantitative estimate of drug-likeness (QED) is 0.840. The number of likely N-dealkylation sites (N-methyl/N-ethyl adjacent to an activating group) is 1. The van der Waals surface area contributed by atoms with Crippen LogP contribution in [0, 0.1) is 0 Å². The molecule has 2 heterocycles. The van der Waals surface area contributed by atoms with Gasteiger partial charge in [0.15, 0.2) is 0 Å². The normalized spacial score (nSPS) is 12.9. The van der Waals surface area contributed by atoms with E-state index < -0.39 is 0 Å². The van der Waals surface area contributed by atoms with Gasteiger partial charge in [-0.15, -0.1) is 0 Å². The molecule has 0 radical (unpaired) electrons. The zero-order valence-electron chi connectivity index (χ0n) is 9.69. The molecule has 0 bridgehead atoms. The van der Waals surface area contributed by atoms with Crippen LogP contribution in [0.1, 0.15) is 30.0 Å². The topological polar surface area (TPSA) is 38.3 Å². The molecule has 0 aromatic carbocycles. The minimum atomic E-state index is 0.250. The second kappa shape index (κ2) is 5.03. The van der Waals surface area contributed by atoms with Crippen LogP contribution in [0.4, 0.5) is 0 Å². The van der Waals surface area contributed by atoms with Crippen molar-refractivity contribution in [2.45, 2.75) is 25.8 Å². The Morgan fingerprint density at radius 3 is 2.75 bits per heavy atom. The van der Waals surface area contributed by atoms with Gasteiger partial charge in [-0.05, 0) is 25.2 Å². The molecule has 2 rings (SSSR count). The third-order valence-electron chi connectivity index (χ3n) is 2.81. The summed E-state index contributed by atoms with van der Waals surface area (Å²) in [5.74, 6) is 2.04. The van der Waals surface area contributed by atoms with Gasteiger partial charge in [0.05, 0.1) is 12.5 Å². The van der Waals surface area contributed by atoms with Gasteiger partial charge in [-0.3, -0.25) is 0 Å². The monoisotopic (exact) mass is 219 g/mol. The Bertz CT molecular complexity index is 417. The van der Waals surface area contributed by atoms with Crippen LogP contribution < -0.4 is 5.32 Å². The molecule has 0 aliphatic carbocycles. The van der Waals surface area contributed by atoms with Crippen molar-refractivity contribution in [1.29, 1.82) is 0 Å². The summed E-state index contributed by atoms with van der Waals surface area (Å²) in [5, 5.41) is 3.30. The van der Waals surface area contributed by atoms with Gasteiger partial charge in [-0.2, -0.15) is 0 Å². The van der Waals surface area contributed by atoms with Crippen molar-refractivity contribution in [1.82, 2.24) is 5.32 Å². The van der Waals surface area contributed by atoms with E-state index in [1.54, 1.807) is 12.5 Å². The molecule has 0 saturated heterocycles. The minimum Gasteiger partial charge on any atom is -0.469 e. The summed E-state index contributed by atoms with van der Waals surface area (Å²) < 4.78 is 10.8. The Balaban J connectivity index is 2.16. The van der Waals surface area contributed by atoms with Gasteiger partial charge in [0.1, 0.15) is 11.5 Å². The van der Waals surface area contributed by atoms with Crippen molar-refractivity contribution in [3.8, 4) is 0 Å². The highest BCUT2D eigenvalue weighted by molar-refractivity contribution is 5.23. The van der Waals surface area contributed by atoms with Crippen molar-refractivity contribution in [3.05, 3.63) is 47.8 Å². The van der Waals surface area contributed by atoms with E-state index in [2.05, 4.69) is 12.2 Å². The van der Waals surface area contributed by atoms with Gasteiger partial charge in [-0.1, -0.05) is 6.92 Å². The predicted octanol–water partition coefficient (Wildman–Crippen LogP) is 2.94. The first-order valence-electron chi connectivity index (χ1n) is 5.61. The van der Waals surface area contributed by atoms with Crippen LogP contribution in [0.25, 0.3) is 0 Å². The van der Waals surface area contributed by atoms with Crippen molar-refractivity contribution in [2.24, 2.45) is 0 Å². The zero-order valence-corrected chi connectivity index (χ0v) is 9.69. The molecule has 2 aromatic heterocycles. The average Bonchev–Trinajstić information content (AvgIpc) is 2.96. The lowest BCUT2D eigenvalue weighted by Gasteiger charge is -2.14. The molecule has 1 atom stereocenters. The third-order valence-corrected chi connectivity index (χ3v) is 2.81. The highest BCUT2D eigenvalue weighted by Gasteiger charge is 2.16. The van der Waals surface area contributed by atoms with E-state index in [4.69, 9.17) is 8.83 Å². The maximum absolute atomic E-state index is 5.45. The van der Waals surface area contributed by atoms with Crippen molar-refractivity contribution in [3.63, 3.8) is 0 Å². The largest absolute Gasteiger partial charge is 0.469 e. The van der Waals surface area contributed by atoms with Gasteiger partial charge < -0.3 is 14.2 Å². The van der Waals surface area contributed by atoms with Crippen LogP contribution >= 0.6 is 0 Å². The van der Waals surface area contributed by atoms with E-state index in [9.17, 15) is 0 Å². The number of hydrogen-bond acceptors (Lipinski definition) is 3. The standard InChI is InChI=1S/C13H17NO2/c1-3-13-11(6-8-16-13)12(14-2)9-10-5-4-7-15-10/h4-8,12,14H,3,9H2,1-2H3. The third kappa shape index (κ3) is 2.19. The highest BCUT2D eigenvalue weighted by atomic mass is 16.3. The molecule has 1 unspecified atom stereocenters. The fourth-order valence-electron chi connectivity index (χ4n) is 1.95. The van der Waals surface area contributed by atoms with E-state index in [1.165, 1.54) is 5.56 Å². The van der Waals surface area contributed by atoms with Crippen LogP contribution in [-0.2, 0) is 12.8 Å². The summed E-state index contributed by atoms with van der Waals surface area (Å²) in [4.78, 5) is 0. The maximum atomic E-state index is 5.45. The van der Waals surface area contributed by atoms with Gasteiger partial charge >= 0.3 is 0 Å². The van der Waals surface area contributed by atoms with E-state index in [0.717, 1.165) is 24.4 Å². The Labute approximate surface area is 95.5 Å². The molecule has 0 saturated carbocycles. The van der Waals surface area contributed by atoms with E-state index in [1.807, 2.05) is 25.2 Å². The Hall–Kier alpha value is -1.48. The number of nitrogens with one attached hydrogen (secondary N) is 1. The second-order valence-electron chi connectivity index (χ2n) is 3.78. The number of aryl methyl sites for hydroxylation is 1. The molecule has 2 aromatic rings. The lowest BCUT2D eigenvalue weighted by atomic mass is 10.0. The van der Waals surface area contributed by atoms with Crippen molar-refractivity contribution in [2.75, 3.05) is 7.05 Å². The van der Waals surface area contributed by atoms with Crippen LogP contribution in [0.5, 0.6) is 0 Å². The zero-order chi connectivity index (χ0) is 11.4. The first kappa shape index (κ1) is 11.0. The second-order valence-corrected chi connectivity index (χ2v) is 3.78. The van der Waals surface area contributed by atoms with Crippen LogP contribution in [0.15, 0.2) is 39.6 Å². The lowest BCUT2D eigenvalue weighted by molar-refractivity contribution is 0.454.